The third kappa shape index (κ3) is 5.05. The van der Waals surface area contributed by atoms with Crippen LogP contribution in [-0.4, -0.2) is 11.9 Å². The van der Waals surface area contributed by atoms with Gasteiger partial charge in [-0.2, -0.15) is 0 Å². The van der Waals surface area contributed by atoms with E-state index in [1.54, 1.807) is 0 Å². The van der Waals surface area contributed by atoms with Gasteiger partial charge in [-0.3, -0.25) is 0 Å². The maximum atomic E-state index is 3.70. The monoisotopic (exact) mass is 241 g/mol. The number of allylic oxidation sites excluding steroid dienone is 10. The lowest BCUT2D eigenvalue weighted by atomic mass is 10.1. The lowest BCUT2D eigenvalue weighted by Crippen LogP contribution is -2.14. The summed E-state index contributed by atoms with van der Waals surface area (Å²) in [6.07, 6.45) is 22.2. The van der Waals surface area contributed by atoms with Crippen LogP contribution in [0, 0.1) is 0 Å². The van der Waals surface area contributed by atoms with Crippen LogP contribution < -0.4 is 0 Å². The fourth-order valence-electron chi connectivity index (χ4n) is 1.67. The zero-order valence-electron chi connectivity index (χ0n) is 11.5. The molecule has 0 unspecified atom stereocenters. The third-order valence-corrected chi connectivity index (χ3v) is 2.89. The molecule has 0 bridgehead atoms. The molecule has 0 fully saturated rings. The van der Waals surface area contributed by atoms with E-state index in [0.717, 1.165) is 19.3 Å². The van der Waals surface area contributed by atoms with E-state index in [2.05, 4.69) is 74.1 Å². The Morgan fingerprint density at radius 3 is 3.00 bits per heavy atom. The van der Waals surface area contributed by atoms with Gasteiger partial charge in [0, 0.05) is 18.4 Å². The van der Waals surface area contributed by atoms with E-state index in [0.29, 0.717) is 0 Å². The molecule has 1 aliphatic carbocycles. The first-order valence-electron chi connectivity index (χ1n) is 6.47. The zero-order valence-corrected chi connectivity index (χ0v) is 11.5. The quantitative estimate of drug-likeness (QED) is 0.496. The smallest absolute Gasteiger partial charge is 0.0365 e. The molecular formula is C17H23N. The zero-order chi connectivity index (χ0) is 13.2. The van der Waals surface area contributed by atoms with E-state index in [9.17, 15) is 0 Å². The Morgan fingerprint density at radius 2 is 2.22 bits per heavy atom. The second-order valence-corrected chi connectivity index (χ2v) is 4.31. The Labute approximate surface area is 111 Å². The third-order valence-electron chi connectivity index (χ3n) is 2.89. The van der Waals surface area contributed by atoms with Crippen LogP contribution in [0.25, 0.3) is 0 Å². The minimum absolute atomic E-state index is 0.918. The van der Waals surface area contributed by atoms with Gasteiger partial charge in [0.2, 0.25) is 0 Å². The SMILES string of the molecule is C=CC/C=C\C=C(/C)N(C)C1=C/CC/C=C/C=C\1. The number of nitrogens with zero attached hydrogens (tertiary/aromatic N) is 1. The maximum absolute atomic E-state index is 3.70. The van der Waals surface area contributed by atoms with Gasteiger partial charge in [-0.25, -0.2) is 0 Å². The van der Waals surface area contributed by atoms with Crippen LogP contribution in [0.15, 0.2) is 72.7 Å². The molecule has 1 aliphatic rings. The first-order chi connectivity index (χ1) is 8.75. The van der Waals surface area contributed by atoms with Crippen LogP contribution in [0.5, 0.6) is 0 Å². The van der Waals surface area contributed by atoms with Gasteiger partial charge < -0.3 is 4.90 Å². The molecular weight excluding hydrogens is 218 g/mol. The second kappa shape index (κ2) is 8.35. The van der Waals surface area contributed by atoms with Crippen LogP contribution >= 0.6 is 0 Å². The Bertz CT molecular complexity index is 405. The molecule has 18 heavy (non-hydrogen) atoms. The standard InChI is InChI=1S/C17H23N/c1-4-5-6-10-13-16(2)18(3)17-14-11-8-7-9-12-15-17/h4,6-8,10-11,13-15H,1,5,9,12H2,2-3H3/b8-7+,10-6-,14-11-,16-13+,17-15+. The highest BCUT2D eigenvalue weighted by Crippen LogP contribution is 2.14. The number of hydrogen-bond donors (Lipinski definition) is 0. The van der Waals surface area contributed by atoms with Crippen molar-refractivity contribution in [3.8, 4) is 0 Å². The summed E-state index contributed by atoms with van der Waals surface area (Å²) in [6, 6.07) is 0. The van der Waals surface area contributed by atoms with Crippen molar-refractivity contribution in [3.05, 3.63) is 72.7 Å². The second-order valence-electron chi connectivity index (χ2n) is 4.31. The van der Waals surface area contributed by atoms with Gasteiger partial charge in [-0.15, -0.1) is 6.58 Å². The van der Waals surface area contributed by atoms with Gasteiger partial charge in [0.25, 0.3) is 0 Å². The van der Waals surface area contributed by atoms with Crippen molar-refractivity contribution in [1.82, 2.24) is 4.90 Å². The average molecular weight is 241 g/mol. The van der Waals surface area contributed by atoms with Crippen LogP contribution in [0.2, 0.25) is 0 Å². The highest BCUT2D eigenvalue weighted by Gasteiger charge is 2.02. The molecule has 0 spiro atoms. The van der Waals surface area contributed by atoms with E-state index < -0.39 is 0 Å². The Morgan fingerprint density at radius 1 is 1.39 bits per heavy atom. The minimum Gasteiger partial charge on any atom is -0.349 e. The van der Waals surface area contributed by atoms with Gasteiger partial charge >= 0.3 is 0 Å². The van der Waals surface area contributed by atoms with E-state index >= 15 is 0 Å². The topological polar surface area (TPSA) is 3.24 Å². The van der Waals surface area contributed by atoms with Gasteiger partial charge in [0.15, 0.2) is 0 Å². The van der Waals surface area contributed by atoms with E-state index in [1.807, 2.05) is 6.08 Å². The highest BCUT2D eigenvalue weighted by molar-refractivity contribution is 5.27. The summed E-state index contributed by atoms with van der Waals surface area (Å²) in [7, 11) is 2.11. The summed E-state index contributed by atoms with van der Waals surface area (Å²) in [4.78, 5) is 2.22. The Hall–Kier alpha value is -1.76. The molecule has 0 heterocycles. The summed E-state index contributed by atoms with van der Waals surface area (Å²) in [6.45, 7) is 5.82. The first-order valence-corrected chi connectivity index (χ1v) is 6.47. The van der Waals surface area contributed by atoms with Gasteiger partial charge in [0.05, 0.1) is 0 Å². The Balaban J connectivity index is 2.69. The molecule has 0 N–H and O–H groups in total. The lowest BCUT2D eigenvalue weighted by molar-refractivity contribution is 0.534. The van der Waals surface area contributed by atoms with E-state index in [1.165, 1.54) is 11.4 Å². The number of rotatable bonds is 5. The molecule has 0 saturated carbocycles. The van der Waals surface area contributed by atoms with Crippen molar-refractivity contribution in [3.63, 3.8) is 0 Å². The molecule has 1 rings (SSSR count). The van der Waals surface area contributed by atoms with E-state index in [4.69, 9.17) is 0 Å². The first kappa shape index (κ1) is 14.3. The molecule has 96 valence electrons. The molecule has 0 aromatic heterocycles. The van der Waals surface area contributed by atoms with Crippen molar-refractivity contribution in [1.29, 1.82) is 0 Å². The van der Waals surface area contributed by atoms with E-state index in [-0.39, 0.29) is 0 Å². The van der Waals surface area contributed by atoms with Crippen molar-refractivity contribution >= 4 is 0 Å². The van der Waals surface area contributed by atoms with Crippen LogP contribution in [0.4, 0.5) is 0 Å². The summed E-state index contributed by atoms with van der Waals surface area (Å²) in [5.41, 5.74) is 2.49. The molecule has 0 saturated heterocycles. The number of likely N-dealkylation sites (N-methyl/N-ethyl adjacent to an activating group) is 1. The highest BCUT2D eigenvalue weighted by atomic mass is 15.1. The van der Waals surface area contributed by atoms with Crippen molar-refractivity contribution < 1.29 is 0 Å². The number of hydrogen-bond acceptors (Lipinski definition) is 1. The molecule has 0 amide bonds. The normalized spacial score (nSPS) is 22.8. The predicted octanol–water partition coefficient (Wildman–Crippen LogP) is 4.74. The lowest BCUT2D eigenvalue weighted by Gasteiger charge is -2.21. The molecule has 0 aromatic rings. The van der Waals surface area contributed by atoms with Gasteiger partial charge in [-0.1, -0.05) is 42.5 Å². The Kier molecular flexibility index (Phi) is 6.63. The van der Waals surface area contributed by atoms with Gasteiger partial charge in [0.1, 0.15) is 0 Å². The van der Waals surface area contributed by atoms with Crippen LogP contribution in [-0.2, 0) is 0 Å². The van der Waals surface area contributed by atoms with Crippen LogP contribution in [0.1, 0.15) is 26.2 Å². The summed E-state index contributed by atoms with van der Waals surface area (Å²) < 4.78 is 0. The fourth-order valence-corrected chi connectivity index (χ4v) is 1.67. The molecule has 1 nitrogen and oxygen atoms in total. The van der Waals surface area contributed by atoms with Crippen molar-refractivity contribution in [2.45, 2.75) is 26.2 Å². The minimum atomic E-state index is 0.918. The molecule has 0 aromatic carbocycles. The maximum Gasteiger partial charge on any atom is 0.0365 e. The average Bonchev–Trinajstić information content (AvgIpc) is 2.33. The predicted molar refractivity (Wildman–Crippen MR) is 81.1 cm³/mol. The van der Waals surface area contributed by atoms with Crippen molar-refractivity contribution in [2.75, 3.05) is 7.05 Å². The molecule has 1 heteroatoms. The van der Waals surface area contributed by atoms with Gasteiger partial charge in [-0.05, 0) is 38.3 Å². The molecule has 0 aliphatic heterocycles. The van der Waals surface area contributed by atoms with Crippen LogP contribution in [0.3, 0.4) is 0 Å². The summed E-state index contributed by atoms with van der Waals surface area (Å²) in [5.74, 6) is 0. The molecule has 0 radical (unpaired) electrons. The summed E-state index contributed by atoms with van der Waals surface area (Å²) in [5, 5.41) is 0. The molecule has 0 atom stereocenters. The fraction of sp³-hybridized carbons (Fsp3) is 0.294. The largest absolute Gasteiger partial charge is 0.349 e. The summed E-state index contributed by atoms with van der Waals surface area (Å²) >= 11 is 0. The van der Waals surface area contributed by atoms with Crippen molar-refractivity contribution in [2.24, 2.45) is 0 Å².